The first-order chi connectivity index (χ1) is 5.58. The fraction of sp³-hybridized carbons (Fsp3) is 0.750. The van der Waals surface area contributed by atoms with Crippen LogP contribution in [0.4, 0.5) is 13.2 Å². The summed E-state index contributed by atoms with van der Waals surface area (Å²) >= 11 is 0. The van der Waals surface area contributed by atoms with Crippen LogP contribution in [0.2, 0.25) is 0 Å². The monoisotopic (exact) mass is 180 g/mol. The highest BCUT2D eigenvalue weighted by atomic mass is 19.4. The van der Waals surface area contributed by atoms with Gasteiger partial charge in [-0.1, -0.05) is 0 Å². The maximum atomic E-state index is 11.7. The Balaban J connectivity index is 2.19. The van der Waals surface area contributed by atoms with E-state index in [1.54, 1.807) is 0 Å². The van der Waals surface area contributed by atoms with Crippen molar-refractivity contribution in [1.82, 2.24) is 0 Å². The summed E-state index contributed by atoms with van der Waals surface area (Å²) in [6, 6.07) is 0. The molecule has 0 fully saturated rings. The van der Waals surface area contributed by atoms with Gasteiger partial charge in [-0.05, 0) is 25.3 Å². The van der Waals surface area contributed by atoms with Crippen molar-refractivity contribution in [1.29, 1.82) is 0 Å². The van der Waals surface area contributed by atoms with E-state index >= 15 is 0 Å². The minimum atomic E-state index is -4.05. The summed E-state index contributed by atoms with van der Waals surface area (Å²) < 4.78 is 40.2. The summed E-state index contributed by atoms with van der Waals surface area (Å²) in [6.45, 7) is 0. The smallest absolute Gasteiger partial charge is 0.389 e. The molecule has 0 saturated heterocycles. The SMILES string of the molecule is FC(F)(F)CC[C@H]1CCC=CO1. The van der Waals surface area contributed by atoms with Crippen molar-refractivity contribution in [2.45, 2.75) is 38.0 Å². The molecule has 12 heavy (non-hydrogen) atoms. The van der Waals surface area contributed by atoms with Crippen LogP contribution >= 0.6 is 0 Å². The van der Waals surface area contributed by atoms with Crippen molar-refractivity contribution in [3.63, 3.8) is 0 Å². The van der Waals surface area contributed by atoms with E-state index in [0.717, 1.165) is 6.42 Å². The summed E-state index contributed by atoms with van der Waals surface area (Å²) in [5.74, 6) is 0. The van der Waals surface area contributed by atoms with Gasteiger partial charge in [0.05, 0.1) is 12.4 Å². The molecule has 4 heteroatoms. The van der Waals surface area contributed by atoms with E-state index in [-0.39, 0.29) is 12.5 Å². The van der Waals surface area contributed by atoms with Crippen molar-refractivity contribution < 1.29 is 17.9 Å². The molecule has 0 amide bonds. The lowest BCUT2D eigenvalue weighted by Crippen LogP contribution is -2.17. The maximum Gasteiger partial charge on any atom is 0.389 e. The molecule has 0 aromatic heterocycles. The number of alkyl halides is 3. The van der Waals surface area contributed by atoms with Gasteiger partial charge >= 0.3 is 6.18 Å². The zero-order valence-electron chi connectivity index (χ0n) is 6.60. The van der Waals surface area contributed by atoms with Gasteiger partial charge in [-0.25, -0.2) is 0 Å². The number of ether oxygens (including phenoxy) is 1. The molecule has 1 rings (SSSR count). The van der Waals surface area contributed by atoms with Gasteiger partial charge in [0.1, 0.15) is 0 Å². The van der Waals surface area contributed by atoms with Crippen LogP contribution in [0.1, 0.15) is 25.7 Å². The second-order valence-corrected chi connectivity index (χ2v) is 2.86. The Kier molecular flexibility index (Phi) is 3.00. The fourth-order valence-corrected chi connectivity index (χ4v) is 1.12. The van der Waals surface area contributed by atoms with Crippen LogP contribution in [-0.4, -0.2) is 12.3 Å². The summed E-state index contributed by atoms with van der Waals surface area (Å²) in [4.78, 5) is 0. The van der Waals surface area contributed by atoms with Gasteiger partial charge in [0.25, 0.3) is 0 Å². The lowest BCUT2D eigenvalue weighted by molar-refractivity contribution is -0.140. The largest absolute Gasteiger partial charge is 0.498 e. The van der Waals surface area contributed by atoms with Crippen LogP contribution in [0.3, 0.4) is 0 Å². The molecular formula is C8H11F3O. The molecule has 1 aliphatic heterocycles. The highest BCUT2D eigenvalue weighted by molar-refractivity contribution is 4.82. The average molecular weight is 180 g/mol. The Bertz CT molecular complexity index is 162. The van der Waals surface area contributed by atoms with Crippen molar-refractivity contribution >= 4 is 0 Å². The molecule has 0 aromatic carbocycles. The molecule has 0 aliphatic carbocycles. The molecule has 0 radical (unpaired) electrons. The molecule has 70 valence electrons. The van der Waals surface area contributed by atoms with Crippen molar-refractivity contribution in [3.05, 3.63) is 12.3 Å². The molecule has 0 saturated carbocycles. The summed E-state index contributed by atoms with van der Waals surface area (Å²) in [7, 11) is 0. The van der Waals surface area contributed by atoms with Crippen LogP contribution in [0.25, 0.3) is 0 Å². The van der Waals surface area contributed by atoms with Crippen LogP contribution in [-0.2, 0) is 4.74 Å². The third-order valence-electron chi connectivity index (χ3n) is 1.77. The van der Waals surface area contributed by atoms with E-state index in [0.29, 0.717) is 6.42 Å². The Hall–Kier alpha value is -0.670. The van der Waals surface area contributed by atoms with E-state index < -0.39 is 12.6 Å². The molecule has 1 nitrogen and oxygen atoms in total. The first-order valence-electron chi connectivity index (χ1n) is 3.95. The average Bonchev–Trinajstić information content (AvgIpc) is 2.02. The summed E-state index contributed by atoms with van der Waals surface area (Å²) in [5, 5.41) is 0. The second-order valence-electron chi connectivity index (χ2n) is 2.86. The number of halogens is 3. The lowest BCUT2D eigenvalue weighted by Gasteiger charge is -2.19. The zero-order valence-corrected chi connectivity index (χ0v) is 6.60. The van der Waals surface area contributed by atoms with E-state index in [2.05, 4.69) is 0 Å². The van der Waals surface area contributed by atoms with Gasteiger partial charge in [-0.15, -0.1) is 0 Å². The normalized spacial score (nSPS) is 23.8. The summed E-state index contributed by atoms with van der Waals surface area (Å²) in [6.07, 6.45) is -0.121. The van der Waals surface area contributed by atoms with Gasteiger partial charge in [0, 0.05) is 6.42 Å². The number of hydrogen-bond donors (Lipinski definition) is 0. The molecule has 0 aromatic rings. The molecule has 0 spiro atoms. The van der Waals surface area contributed by atoms with Crippen LogP contribution in [0, 0.1) is 0 Å². The minimum absolute atomic E-state index is 0.0772. The first kappa shape index (κ1) is 9.42. The quantitative estimate of drug-likeness (QED) is 0.634. The number of rotatable bonds is 2. The molecule has 1 atom stereocenters. The van der Waals surface area contributed by atoms with Crippen LogP contribution in [0.5, 0.6) is 0 Å². The molecule has 0 unspecified atom stereocenters. The van der Waals surface area contributed by atoms with Gasteiger partial charge in [0.15, 0.2) is 0 Å². The van der Waals surface area contributed by atoms with E-state index in [4.69, 9.17) is 4.74 Å². The van der Waals surface area contributed by atoms with Gasteiger partial charge in [-0.2, -0.15) is 13.2 Å². The van der Waals surface area contributed by atoms with E-state index in [1.807, 2.05) is 6.08 Å². The predicted octanol–water partition coefficient (Wildman–Crippen LogP) is 3.02. The third kappa shape index (κ3) is 3.64. The maximum absolute atomic E-state index is 11.7. The predicted molar refractivity (Wildman–Crippen MR) is 38.5 cm³/mol. The van der Waals surface area contributed by atoms with Gasteiger partial charge < -0.3 is 4.74 Å². The summed E-state index contributed by atoms with van der Waals surface area (Å²) in [5.41, 5.74) is 0. The lowest BCUT2D eigenvalue weighted by atomic mass is 10.1. The first-order valence-corrected chi connectivity index (χ1v) is 3.95. The standard InChI is InChI=1S/C8H11F3O/c9-8(10,11)5-4-7-3-1-2-6-12-7/h2,6-7H,1,3-5H2/t7-/m1/s1. The molecule has 1 aliphatic rings. The molecule has 0 bridgehead atoms. The van der Waals surface area contributed by atoms with Crippen molar-refractivity contribution in [3.8, 4) is 0 Å². The minimum Gasteiger partial charge on any atom is -0.498 e. The van der Waals surface area contributed by atoms with Crippen molar-refractivity contribution in [2.24, 2.45) is 0 Å². The van der Waals surface area contributed by atoms with Crippen LogP contribution in [0.15, 0.2) is 12.3 Å². The van der Waals surface area contributed by atoms with Crippen LogP contribution < -0.4 is 0 Å². The Labute approximate surface area is 69.2 Å². The Morgan fingerprint density at radius 2 is 2.17 bits per heavy atom. The van der Waals surface area contributed by atoms with Crippen molar-refractivity contribution in [2.75, 3.05) is 0 Å². The topological polar surface area (TPSA) is 9.23 Å². The number of allylic oxidation sites excluding steroid dienone is 1. The fourth-order valence-electron chi connectivity index (χ4n) is 1.12. The highest BCUT2D eigenvalue weighted by Crippen LogP contribution is 2.25. The van der Waals surface area contributed by atoms with E-state index in [9.17, 15) is 13.2 Å². The second kappa shape index (κ2) is 3.83. The molecule has 1 heterocycles. The Morgan fingerprint density at radius 1 is 1.42 bits per heavy atom. The Morgan fingerprint density at radius 3 is 2.67 bits per heavy atom. The molecule has 0 N–H and O–H groups in total. The van der Waals surface area contributed by atoms with Gasteiger partial charge in [-0.3, -0.25) is 0 Å². The third-order valence-corrected chi connectivity index (χ3v) is 1.77. The molecular weight excluding hydrogens is 169 g/mol. The number of hydrogen-bond acceptors (Lipinski definition) is 1. The van der Waals surface area contributed by atoms with Gasteiger partial charge in [0.2, 0.25) is 0 Å². The zero-order chi connectivity index (χ0) is 9.03. The van der Waals surface area contributed by atoms with E-state index in [1.165, 1.54) is 6.26 Å². The highest BCUT2D eigenvalue weighted by Gasteiger charge is 2.28.